The summed E-state index contributed by atoms with van der Waals surface area (Å²) in [7, 11) is 0. The molecule has 6 heteroatoms. The molecule has 4 atom stereocenters. The van der Waals surface area contributed by atoms with Gasteiger partial charge in [-0.1, -0.05) is 23.8 Å². The number of carbonyl (C=O) groups is 2. The Balaban J connectivity index is 1.49. The second-order valence-corrected chi connectivity index (χ2v) is 7.25. The molecule has 130 valence electrons. The zero-order valence-electron chi connectivity index (χ0n) is 14.1. The van der Waals surface area contributed by atoms with E-state index in [2.05, 4.69) is 5.10 Å². The van der Waals surface area contributed by atoms with Gasteiger partial charge in [0.1, 0.15) is 11.8 Å². The number of amides is 2. The highest BCUT2D eigenvalue weighted by Crippen LogP contribution is 2.52. The first-order chi connectivity index (χ1) is 12.5. The second kappa shape index (κ2) is 5.24. The monoisotopic (exact) mass is 348 g/mol. The average molecular weight is 348 g/mol. The molecule has 5 rings (SSSR count). The fraction of sp³-hybridized carbons (Fsp3) is 0.300. The fourth-order valence-electron chi connectivity index (χ4n) is 4.47. The standard InChI is InChI=1S/C20H16N2O4/c1-10-2-5-15-14(6-10)18(23)13(9-26-15)8-21-22-19(24)16-11-3-4-12(7-11)17(16)20(22)25/h2-6,8-9,11-12,16-17H,7H2,1H3/b21-8-/t11-,12-,16-,17-/m0/s1. The van der Waals surface area contributed by atoms with Crippen molar-refractivity contribution in [3.8, 4) is 0 Å². The van der Waals surface area contributed by atoms with E-state index >= 15 is 0 Å². The highest BCUT2D eigenvalue weighted by Gasteiger charge is 2.59. The van der Waals surface area contributed by atoms with Crippen molar-refractivity contribution < 1.29 is 14.0 Å². The number of aryl methyl sites for hydroxylation is 1. The van der Waals surface area contributed by atoms with Gasteiger partial charge in [0.2, 0.25) is 5.43 Å². The van der Waals surface area contributed by atoms with Gasteiger partial charge in [0.25, 0.3) is 11.8 Å². The molecule has 1 saturated heterocycles. The minimum Gasteiger partial charge on any atom is -0.463 e. The molecule has 2 fully saturated rings. The summed E-state index contributed by atoms with van der Waals surface area (Å²) in [6.07, 6.45) is 7.49. The number of fused-ring (bicyclic) bond motifs is 6. The van der Waals surface area contributed by atoms with E-state index in [1.54, 1.807) is 12.1 Å². The van der Waals surface area contributed by atoms with Gasteiger partial charge in [0.05, 0.1) is 29.0 Å². The molecule has 2 aromatic rings. The Morgan fingerprint density at radius 2 is 1.81 bits per heavy atom. The lowest BCUT2D eigenvalue weighted by Crippen LogP contribution is -2.28. The molecule has 0 radical (unpaired) electrons. The SMILES string of the molecule is Cc1ccc2occ(/C=N\N3C(=O)[C@@H]4[C@@H](C3=O)[C@H]3C=C[C@H]4C3)c(=O)c2c1. The van der Waals surface area contributed by atoms with Gasteiger partial charge in [-0.25, -0.2) is 0 Å². The number of benzene rings is 1. The van der Waals surface area contributed by atoms with Crippen LogP contribution in [0.5, 0.6) is 0 Å². The Morgan fingerprint density at radius 1 is 1.12 bits per heavy atom. The average Bonchev–Trinajstić information content (AvgIpc) is 3.30. The van der Waals surface area contributed by atoms with Gasteiger partial charge in [-0.15, -0.1) is 0 Å². The minimum atomic E-state index is -0.301. The van der Waals surface area contributed by atoms with Crippen LogP contribution >= 0.6 is 0 Å². The first kappa shape index (κ1) is 15.3. The molecule has 1 aromatic heterocycles. The Bertz CT molecular complexity index is 1050. The van der Waals surface area contributed by atoms with E-state index in [0.717, 1.165) is 17.0 Å². The molecule has 0 N–H and O–H groups in total. The first-order valence-corrected chi connectivity index (χ1v) is 8.67. The molecule has 26 heavy (non-hydrogen) atoms. The van der Waals surface area contributed by atoms with Gasteiger partial charge in [0, 0.05) is 0 Å². The van der Waals surface area contributed by atoms with Crippen LogP contribution in [0.15, 0.2) is 50.9 Å². The van der Waals surface area contributed by atoms with Crippen LogP contribution in [-0.2, 0) is 9.59 Å². The number of imide groups is 1. The van der Waals surface area contributed by atoms with Crippen molar-refractivity contribution in [2.24, 2.45) is 28.8 Å². The van der Waals surface area contributed by atoms with Crippen LogP contribution in [-0.4, -0.2) is 23.0 Å². The molecule has 1 aromatic carbocycles. The first-order valence-electron chi connectivity index (χ1n) is 8.67. The van der Waals surface area contributed by atoms with Gasteiger partial charge in [-0.2, -0.15) is 10.1 Å². The zero-order valence-corrected chi connectivity index (χ0v) is 14.1. The third kappa shape index (κ3) is 1.98. The van der Waals surface area contributed by atoms with Gasteiger partial charge in [0.15, 0.2) is 0 Å². The van der Waals surface area contributed by atoms with Crippen molar-refractivity contribution >= 4 is 29.0 Å². The van der Waals surface area contributed by atoms with E-state index in [9.17, 15) is 14.4 Å². The molecular formula is C20H16N2O4. The number of hydrazone groups is 1. The van der Waals surface area contributed by atoms with Crippen molar-refractivity contribution in [3.05, 3.63) is 58.0 Å². The number of hydrogen-bond donors (Lipinski definition) is 0. The van der Waals surface area contributed by atoms with Crippen LogP contribution in [0.2, 0.25) is 0 Å². The predicted octanol–water partition coefficient (Wildman–Crippen LogP) is 2.24. The number of hydrogen-bond acceptors (Lipinski definition) is 5. The third-order valence-electron chi connectivity index (χ3n) is 5.71. The predicted molar refractivity (Wildman–Crippen MR) is 94.4 cm³/mol. The van der Waals surface area contributed by atoms with Crippen molar-refractivity contribution in [1.82, 2.24) is 5.01 Å². The Labute approximate surface area is 148 Å². The highest BCUT2D eigenvalue weighted by molar-refractivity contribution is 6.06. The molecule has 0 spiro atoms. The van der Waals surface area contributed by atoms with E-state index in [4.69, 9.17) is 4.42 Å². The Morgan fingerprint density at radius 3 is 2.50 bits per heavy atom. The molecular weight excluding hydrogens is 332 g/mol. The number of rotatable bonds is 2. The molecule has 2 amide bonds. The zero-order chi connectivity index (χ0) is 18.0. The topological polar surface area (TPSA) is 80.0 Å². The van der Waals surface area contributed by atoms with E-state index in [1.807, 2.05) is 25.1 Å². The molecule has 2 aliphatic carbocycles. The summed E-state index contributed by atoms with van der Waals surface area (Å²) in [5.41, 5.74) is 1.41. The molecule has 1 saturated carbocycles. The molecule has 3 aliphatic rings. The van der Waals surface area contributed by atoms with Crippen molar-refractivity contribution in [1.29, 1.82) is 0 Å². The summed E-state index contributed by atoms with van der Waals surface area (Å²) < 4.78 is 5.48. The van der Waals surface area contributed by atoms with Gasteiger partial charge in [-0.3, -0.25) is 14.4 Å². The Hall–Kier alpha value is -3.02. The van der Waals surface area contributed by atoms with E-state index in [-0.39, 0.29) is 46.5 Å². The normalized spacial score (nSPS) is 29.5. The van der Waals surface area contributed by atoms with Crippen LogP contribution in [0.3, 0.4) is 0 Å². The van der Waals surface area contributed by atoms with Crippen molar-refractivity contribution in [3.63, 3.8) is 0 Å². The maximum atomic E-state index is 12.6. The highest BCUT2D eigenvalue weighted by atomic mass is 16.3. The van der Waals surface area contributed by atoms with Crippen molar-refractivity contribution in [2.45, 2.75) is 13.3 Å². The second-order valence-electron chi connectivity index (χ2n) is 7.25. The summed E-state index contributed by atoms with van der Waals surface area (Å²) in [4.78, 5) is 37.8. The fourth-order valence-corrected chi connectivity index (χ4v) is 4.47. The molecule has 2 heterocycles. The maximum absolute atomic E-state index is 12.6. The van der Waals surface area contributed by atoms with Crippen LogP contribution in [0.4, 0.5) is 0 Å². The lowest BCUT2D eigenvalue weighted by Gasteiger charge is -2.13. The summed E-state index contributed by atoms with van der Waals surface area (Å²) in [5, 5.41) is 5.43. The molecule has 1 aliphatic heterocycles. The smallest absolute Gasteiger partial charge is 0.254 e. The van der Waals surface area contributed by atoms with Crippen LogP contribution in [0.25, 0.3) is 11.0 Å². The maximum Gasteiger partial charge on any atom is 0.254 e. The van der Waals surface area contributed by atoms with Crippen LogP contribution in [0, 0.1) is 30.6 Å². The number of carbonyl (C=O) groups excluding carboxylic acids is 2. The summed E-state index contributed by atoms with van der Waals surface area (Å²) in [5.74, 6) is -0.871. The third-order valence-corrected chi connectivity index (χ3v) is 5.71. The number of allylic oxidation sites excluding steroid dienone is 2. The Kier molecular flexibility index (Phi) is 3.07. The molecule has 0 unspecified atom stereocenters. The van der Waals surface area contributed by atoms with Crippen LogP contribution in [0.1, 0.15) is 17.5 Å². The van der Waals surface area contributed by atoms with E-state index < -0.39 is 0 Å². The van der Waals surface area contributed by atoms with Gasteiger partial charge >= 0.3 is 0 Å². The minimum absolute atomic E-state index is 0.135. The lowest BCUT2D eigenvalue weighted by atomic mass is 9.85. The molecule has 2 bridgehead atoms. The number of nitrogens with zero attached hydrogens (tertiary/aromatic N) is 2. The largest absolute Gasteiger partial charge is 0.463 e. The van der Waals surface area contributed by atoms with Crippen molar-refractivity contribution in [2.75, 3.05) is 0 Å². The summed E-state index contributed by atoms with van der Waals surface area (Å²) in [6.45, 7) is 1.89. The summed E-state index contributed by atoms with van der Waals surface area (Å²) in [6, 6.07) is 5.35. The van der Waals surface area contributed by atoms with Gasteiger partial charge in [-0.05, 0) is 37.3 Å². The molecule has 6 nitrogen and oxygen atoms in total. The van der Waals surface area contributed by atoms with E-state index in [1.165, 1.54) is 12.5 Å². The summed E-state index contributed by atoms with van der Waals surface area (Å²) >= 11 is 0. The van der Waals surface area contributed by atoms with E-state index in [0.29, 0.717) is 11.0 Å². The van der Waals surface area contributed by atoms with Gasteiger partial charge < -0.3 is 4.42 Å². The van der Waals surface area contributed by atoms with Crippen LogP contribution < -0.4 is 5.43 Å². The lowest BCUT2D eigenvalue weighted by molar-refractivity contribution is -0.140. The quantitative estimate of drug-likeness (QED) is 0.474.